The van der Waals surface area contributed by atoms with Gasteiger partial charge in [-0.15, -0.1) is 0 Å². The molecule has 5 aliphatic heterocycles. The first-order valence-corrected chi connectivity index (χ1v) is 17.6. The first-order chi connectivity index (χ1) is 26.5. The van der Waals surface area contributed by atoms with E-state index in [1.807, 2.05) is 0 Å². The maximum Gasteiger partial charge on any atom is 0.187 e. The second kappa shape index (κ2) is 19.6. The van der Waals surface area contributed by atoms with Crippen LogP contribution < -0.4 is 0 Å². The number of hydrogen-bond acceptors (Lipinski definition) is 26. The summed E-state index contributed by atoms with van der Waals surface area (Å²) in [4.78, 5) is 0. The highest BCUT2D eigenvalue weighted by atomic mass is 16.8. The monoisotopic (exact) mass is 828 g/mol. The molecule has 5 heterocycles. The van der Waals surface area contributed by atoms with E-state index in [1.54, 1.807) is 0 Å². The Kier molecular flexibility index (Phi) is 16.1. The third kappa shape index (κ3) is 9.16. The van der Waals surface area contributed by atoms with Gasteiger partial charge in [0.15, 0.2) is 31.5 Å². The van der Waals surface area contributed by atoms with Crippen LogP contribution >= 0.6 is 0 Å². The Hall–Kier alpha value is -1.04. The Morgan fingerprint density at radius 3 is 0.821 bits per heavy atom. The highest BCUT2D eigenvalue weighted by molar-refractivity contribution is 4.99. The van der Waals surface area contributed by atoms with E-state index in [9.17, 15) is 86.8 Å². The Morgan fingerprint density at radius 2 is 0.518 bits per heavy atom. The molecule has 17 N–H and O–H groups in total. The van der Waals surface area contributed by atoms with Crippen molar-refractivity contribution in [2.75, 3.05) is 33.0 Å². The zero-order valence-corrected chi connectivity index (χ0v) is 29.2. The van der Waals surface area contributed by atoms with Crippen LogP contribution in [0.5, 0.6) is 0 Å². The minimum atomic E-state index is -2.12. The molecule has 0 spiro atoms. The molecule has 26 heteroatoms. The highest BCUT2D eigenvalue weighted by Crippen LogP contribution is 2.35. The lowest BCUT2D eigenvalue weighted by Crippen LogP contribution is -2.68. The molecule has 0 bridgehead atoms. The van der Waals surface area contributed by atoms with Crippen molar-refractivity contribution in [2.45, 2.75) is 154 Å². The molecule has 0 radical (unpaired) electrons. The fourth-order valence-electron chi connectivity index (χ4n) is 7.03. The fraction of sp³-hybridized carbons (Fsp3) is 1.00. The molecule has 0 unspecified atom stereocenters. The van der Waals surface area contributed by atoms with E-state index in [4.69, 9.17) is 42.6 Å². The van der Waals surface area contributed by atoms with E-state index in [0.717, 1.165) is 0 Å². The number of rotatable bonds is 13. The Morgan fingerprint density at radius 1 is 0.268 bits per heavy atom. The summed E-state index contributed by atoms with van der Waals surface area (Å²) < 4.78 is 49.1. The molecular weight excluding hydrogens is 776 g/mol. The second-order valence-corrected chi connectivity index (χ2v) is 13.9. The van der Waals surface area contributed by atoms with Crippen LogP contribution in [0.3, 0.4) is 0 Å². The van der Waals surface area contributed by atoms with E-state index in [-0.39, 0.29) is 0 Å². The van der Waals surface area contributed by atoms with Crippen LogP contribution in [0.15, 0.2) is 0 Å². The van der Waals surface area contributed by atoms with Crippen LogP contribution in [-0.2, 0) is 42.6 Å². The van der Waals surface area contributed by atoms with Gasteiger partial charge in [-0.25, -0.2) is 0 Å². The third-order valence-corrected chi connectivity index (χ3v) is 10.3. The number of aliphatic hydroxyl groups excluding tert-OH is 17. The number of aliphatic hydroxyl groups is 17. The maximum absolute atomic E-state index is 11.1. The Bertz CT molecular complexity index is 1200. The summed E-state index contributed by atoms with van der Waals surface area (Å²) in [6.07, 6.45) is -45.8. The van der Waals surface area contributed by atoms with Crippen LogP contribution in [0, 0.1) is 0 Å². The minimum Gasteiger partial charge on any atom is -0.394 e. The van der Waals surface area contributed by atoms with Crippen LogP contribution in [-0.4, -0.2) is 273 Å². The van der Waals surface area contributed by atoms with Crippen LogP contribution in [0.1, 0.15) is 0 Å². The Labute approximate surface area is 316 Å². The molecule has 0 aromatic rings. The van der Waals surface area contributed by atoms with Crippen molar-refractivity contribution in [1.82, 2.24) is 0 Å². The summed E-state index contributed by atoms with van der Waals surface area (Å²) in [6.45, 7) is -4.51. The molecule has 5 saturated heterocycles. The molecule has 56 heavy (non-hydrogen) atoms. The zero-order valence-electron chi connectivity index (χ0n) is 29.2. The lowest BCUT2D eigenvalue weighted by molar-refractivity contribution is -0.392. The molecule has 5 fully saturated rings. The van der Waals surface area contributed by atoms with E-state index in [2.05, 4.69) is 0 Å². The summed E-state index contributed by atoms with van der Waals surface area (Å²) in [6, 6.07) is 0. The van der Waals surface area contributed by atoms with Crippen LogP contribution in [0.2, 0.25) is 0 Å². The molecule has 5 rings (SSSR count). The standard InChI is InChI=1S/C30H52O26/c31-1-6-11(36)12(37)18(43)27(49-6)54-23-8(3-33)51-29(20(45)14(23)39)56-25-10(5-35)52-30(21(46)16(25)41)55-24-9(4-34)50-28(19(44)15(24)40)53-22-7(2-32)48-26(47)17(42)13(22)38/h6-47H,1-5H2/t6-,7-,8-,9-,10-,11-,12+,13-,14-,15-,16-,17-,18+,19+,20+,21+,22-,23-,24-,25-,26-,27-,28-,29-,30-/m1/s1. The number of ether oxygens (including phenoxy) is 9. The lowest BCUT2D eigenvalue weighted by Gasteiger charge is -2.49. The minimum absolute atomic E-state index is 0.811. The maximum atomic E-state index is 11.1. The van der Waals surface area contributed by atoms with Gasteiger partial charge in [-0.05, 0) is 0 Å². The number of hydrogen-bond donors (Lipinski definition) is 17. The third-order valence-electron chi connectivity index (χ3n) is 10.3. The smallest absolute Gasteiger partial charge is 0.187 e. The molecule has 328 valence electrons. The Balaban J connectivity index is 1.22. The normalized spacial score (nSPS) is 53.2. The zero-order chi connectivity index (χ0) is 41.3. The van der Waals surface area contributed by atoms with Gasteiger partial charge in [-0.1, -0.05) is 0 Å². The first kappa shape index (κ1) is 46.0. The molecule has 5 aliphatic rings. The van der Waals surface area contributed by atoms with Crippen molar-refractivity contribution in [3.8, 4) is 0 Å². The lowest BCUT2D eigenvalue weighted by atomic mass is 9.95. The van der Waals surface area contributed by atoms with Gasteiger partial charge in [0.25, 0.3) is 0 Å². The summed E-state index contributed by atoms with van der Waals surface area (Å²) in [7, 11) is 0. The van der Waals surface area contributed by atoms with Gasteiger partial charge in [0.1, 0.15) is 122 Å². The van der Waals surface area contributed by atoms with Crippen molar-refractivity contribution in [2.24, 2.45) is 0 Å². The van der Waals surface area contributed by atoms with E-state index < -0.39 is 187 Å². The van der Waals surface area contributed by atoms with Gasteiger partial charge in [0.2, 0.25) is 0 Å². The second-order valence-electron chi connectivity index (χ2n) is 13.9. The first-order valence-electron chi connectivity index (χ1n) is 17.6. The molecular formula is C30H52O26. The molecule has 0 amide bonds. The topological polar surface area (TPSA) is 427 Å². The predicted octanol–water partition coefficient (Wildman–Crippen LogP) is -11.9. The van der Waals surface area contributed by atoms with Gasteiger partial charge in [0, 0.05) is 0 Å². The fourth-order valence-corrected chi connectivity index (χ4v) is 7.03. The predicted molar refractivity (Wildman–Crippen MR) is 167 cm³/mol. The largest absolute Gasteiger partial charge is 0.394 e. The van der Waals surface area contributed by atoms with E-state index >= 15 is 0 Å². The molecule has 25 atom stereocenters. The quantitative estimate of drug-likeness (QED) is 0.0819. The molecule has 0 aromatic heterocycles. The van der Waals surface area contributed by atoms with E-state index in [1.165, 1.54) is 0 Å². The van der Waals surface area contributed by atoms with Crippen molar-refractivity contribution in [3.05, 3.63) is 0 Å². The summed E-state index contributed by atoms with van der Waals surface area (Å²) in [5.41, 5.74) is 0. The van der Waals surface area contributed by atoms with Crippen molar-refractivity contribution in [3.63, 3.8) is 0 Å². The highest BCUT2D eigenvalue weighted by Gasteiger charge is 2.56. The van der Waals surface area contributed by atoms with Gasteiger partial charge in [-0.2, -0.15) is 0 Å². The van der Waals surface area contributed by atoms with Gasteiger partial charge >= 0.3 is 0 Å². The van der Waals surface area contributed by atoms with E-state index in [0.29, 0.717) is 0 Å². The summed E-state index contributed by atoms with van der Waals surface area (Å²) in [5.74, 6) is 0. The SMILES string of the molecule is OC[C@H]1O[C@H](O[C@H]2[C@H](O)[C@H](O)[C@@H](O[C@H]3[C@H](O)[C@H](O)[C@@H](O[C@H]4[C@H](O)[C@H](O)[C@@H](O[C@H]5[C@H](O)[C@@H](O)[C@H](O)O[C@@H]5CO)O[C@@H]4CO)O[C@@H]3CO)O[C@@H]2CO)[C@@H](O)[C@@H](O)[C@@H]1O. The van der Waals surface area contributed by atoms with Crippen molar-refractivity contribution >= 4 is 0 Å². The molecule has 0 aromatic carbocycles. The van der Waals surface area contributed by atoms with Gasteiger partial charge in [-0.3, -0.25) is 0 Å². The van der Waals surface area contributed by atoms with Crippen LogP contribution in [0.4, 0.5) is 0 Å². The molecule has 0 saturated carbocycles. The summed E-state index contributed by atoms with van der Waals surface area (Å²) >= 11 is 0. The van der Waals surface area contributed by atoms with Crippen LogP contribution in [0.25, 0.3) is 0 Å². The van der Waals surface area contributed by atoms with Gasteiger partial charge in [0.05, 0.1) is 33.0 Å². The summed E-state index contributed by atoms with van der Waals surface area (Å²) in [5, 5.41) is 176. The van der Waals surface area contributed by atoms with Gasteiger partial charge < -0.3 is 129 Å². The van der Waals surface area contributed by atoms with Crippen molar-refractivity contribution < 1.29 is 129 Å². The average Bonchev–Trinajstić information content (AvgIpc) is 3.19. The average molecular weight is 829 g/mol. The van der Waals surface area contributed by atoms with Crippen molar-refractivity contribution in [1.29, 1.82) is 0 Å². The molecule has 0 aliphatic carbocycles. The molecule has 26 nitrogen and oxygen atoms in total.